The molecule has 164 valence electrons. The van der Waals surface area contributed by atoms with Crippen LogP contribution in [0.4, 0.5) is 5.95 Å². The zero-order chi connectivity index (χ0) is 21.8. The van der Waals surface area contributed by atoms with Gasteiger partial charge in [-0.05, 0) is 43.0 Å². The van der Waals surface area contributed by atoms with Gasteiger partial charge in [0.2, 0.25) is 5.95 Å². The van der Waals surface area contributed by atoms with E-state index in [1.807, 2.05) is 55.1 Å². The zero-order valence-electron chi connectivity index (χ0n) is 18.1. The van der Waals surface area contributed by atoms with Crippen molar-refractivity contribution in [3.05, 3.63) is 88.4 Å². The molecule has 1 saturated heterocycles. The van der Waals surface area contributed by atoms with Crippen LogP contribution < -0.4 is 9.64 Å². The molecule has 0 radical (unpaired) electrons. The molecule has 0 bridgehead atoms. The molecule has 6 nitrogen and oxygen atoms in total. The van der Waals surface area contributed by atoms with Gasteiger partial charge in [0.1, 0.15) is 5.75 Å². The second-order valence-electron chi connectivity index (χ2n) is 8.07. The van der Waals surface area contributed by atoms with E-state index in [1.165, 1.54) is 10.6 Å². The third kappa shape index (κ3) is 4.53. The number of aryl methyl sites for hydroxylation is 1. The number of anilines is 1. The molecule has 0 aliphatic carbocycles. The maximum Gasteiger partial charge on any atom is 0.225 e. The van der Waals surface area contributed by atoms with E-state index in [1.54, 1.807) is 11.3 Å². The van der Waals surface area contributed by atoms with Gasteiger partial charge in [-0.15, -0.1) is 11.3 Å². The van der Waals surface area contributed by atoms with Gasteiger partial charge in [-0.3, -0.25) is 0 Å². The Kier molecular flexibility index (Phi) is 6.16. The Labute approximate surface area is 192 Å². The molecule has 0 saturated carbocycles. The monoisotopic (exact) mass is 445 g/mol. The number of benzene rings is 1. The fourth-order valence-corrected chi connectivity index (χ4v) is 5.07. The molecule has 1 atom stereocenters. The molecule has 4 heterocycles. The zero-order valence-corrected chi connectivity index (χ0v) is 19.0. The number of nitrogens with one attached hydrogen (secondary N) is 1. The number of aromatic amines is 1. The molecule has 0 spiro atoms. The average Bonchev–Trinajstić information content (AvgIpc) is 3.56. The highest BCUT2D eigenvalue weighted by Gasteiger charge is 2.26. The maximum absolute atomic E-state index is 6.34. The average molecular weight is 446 g/mol. The molecule has 0 amide bonds. The van der Waals surface area contributed by atoms with Gasteiger partial charge in [0, 0.05) is 54.7 Å². The molecule has 1 N–H and O–H groups in total. The van der Waals surface area contributed by atoms with Crippen molar-refractivity contribution in [3.63, 3.8) is 0 Å². The highest BCUT2D eigenvalue weighted by atomic mass is 32.1. The van der Waals surface area contributed by atoms with Gasteiger partial charge in [0.05, 0.1) is 10.7 Å². The highest BCUT2D eigenvalue weighted by Crippen LogP contribution is 2.35. The van der Waals surface area contributed by atoms with Crippen LogP contribution in [-0.4, -0.2) is 33.0 Å². The molecule has 5 rings (SSSR count). The van der Waals surface area contributed by atoms with E-state index in [4.69, 9.17) is 9.72 Å². The lowest BCUT2D eigenvalue weighted by Crippen LogP contribution is -2.34. The van der Waals surface area contributed by atoms with Crippen LogP contribution in [0.5, 0.6) is 5.75 Å². The highest BCUT2D eigenvalue weighted by molar-refractivity contribution is 7.09. The van der Waals surface area contributed by atoms with Gasteiger partial charge in [0.15, 0.2) is 6.10 Å². The summed E-state index contributed by atoms with van der Waals surface area (Å²) < 4.78 is 6.34. The second-order valence-corrected chi connectivity index (χ2v) is 8.96. The largest absolute Gasteiger partial charge is 0.479 e. The number of aromatic nitrogens is 4. The first-order valence-corrected chi connectivity index (χ1v) is 12.0. The third-order valence-corrected chi connectivity index (χ3v) is 6.98. The lowest BCUT2D eigenvalue weighted by atomic mass is 9.98. The topological polar surface area (TPSA) is 66.9 Å². The molecule has 4 aromatic rings. The Bertz CT molecular complexity index is 1100. The summed E-state index contributed by atoms with van der Waals surface area (Å²) in [6.45, 7) is 4.03. The first-order chi connectivity index (χ1) is 15.8. The first kappa shape index (κ1) is 20.7. The predicted octanol–water partition coefficient (Wildman–Crippen LogP) is 5.38. The van der Waals surface area contributed by atoms with Gasteiger partial charge in [-0.1, -0.05) is 25.1 Å². The minimum atomic E-state index is -0.223. The molecule has 1 aliphatic heterocycles. The van der Waals surface area contributed by atoms with Crippen molar-refractivity contribution < 1.29 is 4.74 Å². The Morgan fingerprint density at radius 1 is 1.12 bits per heavy atom. The van der Waals surface area contributed by atoms with Crippen molar-refractivity contribution in [2.75, 3.05) is 18.0 Å². The van der Waals surface area contributed by atoms with E-state index in [0.29, 0.717) is 5.92 Å². The van der Waals surface area contributed by atoms with Crippen LogP contribution in [0, 0.1) is 0 Å². The smallest absolute Gasteiger partial charge is 0.225 e. The van der Waals surface area contributed by atoms with E-state index >= 15 is 0 Å². The molecule has 1 unspecified atom stereocenters. The normalized spacial score (nSPS) is 15.6. The predicted molar refractivity (Wildman–Crippen MR) is 127 cm³/mol. The molecule has 7 heteroatoms. The van der Waals surface area contributed by atoms with Crippen LogP contribution >= 0.6 is 11.3 Å². The molecular formula is C25H27N5OS. The number of hydrogen-bond donors (Lipinski definition) is 1. The summed E-state index contributed by atoms with van der Waals surface area (Å²) in [5, 5.41) is 3.34. The van der Waals surface area contributed by atoms with E-state index in [-0.39, 0.29) is 6.10 Å². The standard InChI is InChI=1S/C25H27N5OS/c1-2-18-14-27-25(28-15-18)30-12-9-19(10-13-30)24-29-22(17-32-24)23(20-8-11-26-16-20)31-21-6-4-3-5-7-21/h3-8,11,14-17,19,23,26H,2,9-10,12-13H2,1H3. The number of rotatable bonds is 7. The maximum atomic E-state index is 6.34. The van der Waals surface area contributed by atoms with Gasteiger partial charge < -0.3 is 14.6 Å². The summed E-state index contributed by atoms with van der Waals surface area (Å²) in [6.07, 6.45) is 10.6. The summed E-state index contributed by atoms with van der Waals surface area (Å²) in [4.78, 5) is 19.6. The van der Waals surface area contributed by atoms with Crippen LogP contribution in [0.15, 0.2) is 66.6 Å². The quantitative estimate of drug-likeness (QED) is 0.414. The molecule has 32 heavy (non-hydrogen) atoms. The van der Waals surface area contributed by atoms with Crippen molar-refractivity contribution in [1.82, 2.24) is 19.9 Å². The number of nitrogens with zero attached hydrogens (tertiary/aromatic N) is 4. The second kappa shape index (κ2) is 9.53. The van der Waals surface area contributed by atoms with Gasteiger partial charge in [-0.2, -0.15) is 0 Å². The summed E-state index contributed by atoms with van der Waals surface area (Å²) in [7, 11) is 0. The minimum absolute atomic E-state index is 0.223. The Hall–Kier alpha value is -3.19. The SMILES string of the molecule is CCc1cnc(N2CCC(c3nc(C(Oc4ccccc4)c4cc[nH]c4)cs3)CC2)nc1. The first-order valence-electron chi connectivity index (χ1n) is 11.2. The number of H-pyrrole nitrogens is 1. The van der Waals surface area contributed by atoms with Crippen LogP contribution in [0.1, 0.15) is 53.6 Å². The summed E-state index contributed by atoms with van der Waals surface area (Å²) in [5.74, 6) is 2.14. The number of hydrogen-bond acceptors (Lipinski definition) is 6. The van der Waals surface area contributed by atoms with Crippen LogP contribution in [0.2, 0.25) is 0 Å². The van der Waals surface area contributed by atoms with Gasteiger partial charge >= 0.3 is 0 Å². The van der Waals surface area contributed by atoms with Crippen molar-refractivity contribution >= 4 is 17.3 Å². The lowest BCUT2D eigenvalue weighted by molar-refractivity contribution is 0.243. The summed E-state index contributed by atoms with van der Waals surface area (Å²) >= 11 is 1.74. The number of para-hydroxylation sites is 1. The Morgan fingerprint density at radius 3 is 2.59 bits per heavy atom. The Morgan fingerprint density at radius 2 is 1.91 bits per heavy atom. The van der Waals surface area contributed by atoms with E-state index in [2.05, 4.69) is 38.2 Å². The van der Waals surface area contributed by atoms with Gasteiger partial charge in [0.25, 0.3) is 0 Å². The molecule has 1 aliphatic rings. The molecule has 1 fully saturated rings. The van der Waals surface area contributed by atoms with Crippen molar-refractivity contribution in [1.29, 1.82) is 0 Å². The van der Waals surface area contributed by atoms with Crippen LogP contribution in [-0.2, 0) is 6.42 Å². The van der Waals surface area contributed by atoms with Crippen LogP contribution in [0.3, 0.4) is 0 Å². The fraction of sp³-hybridized carbons (Fsp3) is 0.320. The van der Waals surface area contributed by atoms with E-state index in [0.717, 1.165) is 55.3 Å². The fourth-order valence-electron chi connectivity index (χ4n) is 4.06. The van der Waals surface area contributed by atoms with Crippen LogP contribution in [0.25, 0.3) is 0 Å². The van der Waals surface area contributed by atoms with Gasteiger partial charge in [-0.25, -0.2) is 15.0 Å². The summed E-state index contributed by atoms with van der Waals surface area (Å²) in [6, 6.07) is 12.0. The van der Waals surface area contributed by atoms with E-state index in [9.17, 15) is 0 Å². The molecular weight excluding hydrogens is 418 g/mol. The van der Waals surface area contributed by atoms with Crippen molar-refractivity contribution in [2.45, 2.75) is 38.2 Å². The summed E-state index contributed by atoms with van der Waals surface area (Å²) in [5.41, 5.74) is 3.22. The van der Waals surface area contributed by atoms with Crippen molar-refractivity contribution in [2.24, 2.45) is 0 Å². The Balaban J connectivity index is 1.28. The van der Waals surface area contributed by atoms with Crippen molar-refractivity contribution in [3.8, 4) is 5.75 Å². The minimum Gasteiger partial charge on any atom is -0.479 e. The molecule has 3 aromatic heterocycles. The number of thiazole rings is 1. The van der Waals surface area contributed by atoms with E-state index < -0.39 is 0 Å². The third-order valence-electron chi connectivity index (χ3n) is 5.96. The molecule has 1 aromatic carbocycles. The number of ether oxygens (including phenoxy) is 1. The number of piperidine rings is 1. The lowest BCUT2D eigenvalue weighted by Gasteiger charge is -2.31.